The Bertz CT molecular complexity index is 756. The molecule has 0 radical (unpaired) electrons. The first kappa shape index (κ1) is 13.5. The molecule has 1 unspecified atom stereocenters. The predicted octanol–water partition coefficient (Wildman–Crippen LogP) is 3.13. The third kappa shape index (κ3) is 3.00. The molecular weight excluding hydrogens is 284 g/mol. The van der Waals surface area contributed by atoms with E-state index in [9.17, 15) is 4.79 Å². The third-order valence-corrected chi connectivity index (χ3v) is 3.87. The zero-order chi connectivity index (χ0) is 14.7. The molecule has 0 saturated heterocycles. The Labute approximate surface area is 126 Å². The van der Waals surface area contributed by atoms with Gasteiger partial charge in [0.15, 0.2) is 0 Å². The van der Waals surface area contributed by atoms with Gasteiger partial charge in [-0.2, -0.15) is 0 Å². The second kappa shape index (κ2) is 5.88. The molecule has 2 aromatic heterocycles. The Kier molecular flexibility index (Phi) is 3.79. The summed E-state index contributed by atoms with van der Waals surface area (Å²) in [6.45, 7) is 1.80. The van der Waals surface area contributed by atoms with Crippen LogP contribution in [0.4, 0.5) is 11.5 Å². The van der Waals surface area contributed by atoms with Crippen LogP contribution in [0.15, 0.2) is 48.1 Å². The van der Waals surface area contributed by atoms with Gasteiger partial charge in [0.25, 0.3) is 0 Å². The summed E-state index contributed by atoms with van der Waals surface area (Å²) in [6, 6.07) is 10.9. The number of benzene rings is 1. The minimum atomic E-state index is -0.400. The normalized spacial score (nSPS) is 12.0. The fraction of sp³-hybridized carbons (Fsp3) is 0.133. The highest BCUT2D eigenvalue weighted by atomic mass is 32.1. The lowest BCUT2D eigenvalue weighted by Gasteiger charge is -2.15. The van der Waals surface area contributed by atoms with Crippen molar-refractivity contribution in [3.05, 3.63) is 48.1 Å². The molecule has 0 bridgehead atoms. The molecule has 0 fully saturated rings. The summed E-state index contributed by atoms with van der Waals surface area (Å²) in [6.07, 6.45) is 1.50. The number of aromatic nitrogens is 2. The Hall–Kier alpha value is -2.47. The van der Waals surface area contributed by atoms with E-state index in [0.29, 0.717) is 5.82 Å². The van der Waals surface area contributed by atoms with Gasteiger partial charge < -0.3 is 10.6 Å². The van der Waals surface area contributed by atoms with Crippen LogP contribution >= 0.6 is 11.3 Å². The molecule has 0 aliphatic rings. The molecule has 0 saturated carbocycles. The molecule has 2 N–H and O–H groups in total. The van der Waals surface area contributed by atoms with Crippen molar-refractivity contribution >= 4 is 39.0 Å². The smallest absolute Gasteiger partial charge is 0.246 e. The standard InChI is InChI=1S/C15H14N4OS/c1-10(14(20)19-11-5-3-2-4-6-11)18-13-12-7-8-21-15(12)17-9-16-13/h2-10H,1H3,(H,19,20)(H,16,17,18). The lowest BCUT2D eigenvalue weighted by atomic mass is 10.2. The van der Waals surface area contributed by atoms with E-state index < -0.39 is 6.04 Å². The molecule has 1 atom stereocenters. The summed E-state index contributed by atoms with van der Waals surface area (Å²) in [5, 5.41) is 8.89. The summed E-state index contributed by atoms with van der Waals surface area (Å²) >= 11 is 1.55. The fourth-order valence-corrected chi connectivity index (χ4v) is 2.68. The van der Waals surface area contributed by atoms with E-state index in [1.54, 1.807) is 18.3 Å². The lowest BCUT2D eigenvalue weighted by molar-refractivity contribution is -0.116. The zero-order valence-corrected chi connectivity index (χ0v) is 12.2. The summed E-state index contributed by atoms with van der Waals surface area (Å²) in [4.78, 5) is 21.5. The van der Waals surface area contributed by atoms with Crippen LogP contribution < -0.4 is 10.6 Å². The number of amides is 1. The largest absolute Gasteiger partial charge is 0.358 e. The van der Waals surface area contributed by atoms with E-state index >= 15 is 0 Å². The van der Waals surface area contributed by atoms with Crippen molar-refractivity contribution in [2.24, 2.45) is 0 Å². The molecular formula is C15H14N4OS. The first-order valence-electron chi connectivity index (χ1n) is 6.54. The van der Waals surface area contributed by atoms with Gasteiger partial charge in [0.2, 0.25) is 5.91 Å². The van der Waals surface area contributed by atoms with E-state index in [-0.39, 0.29) is 5.91 Å². The Morgan fingerprint density at radius 1 is 1.19 bits per heavy atom. The maximum absolute atomic E-state index is 12.2. The van der Waals surface area contributed by atoms with Gasteiger partial charge in [-0.1, -0.05) is 18.2 Å². The van der Waals surface area contributed by atoms with Crippen molar-refractivity contribution < 1.29 is 4.79 Å². The van der Waals surface area contributed by atoms with Crippen LogP contribution in [-0.4, -0.2) is 21.9 Å². The van der Waals surface area contributed by atoms with Crippen LogP contribution in [0.25, 0.3) is 10.2 Å². The highest BCUT2D eigenvalue weighted by Crippen LogP contribution is 2.24. The number of nitrogens with one attached hydrogen (secondary N) is 2. The first-order chi connectivity index (χ1) is 10.2. The van der Waals surface area contributed by atoms with Crippen LogP contribution in [0.2, 0.25) is 0 Å². The van der Waals surface area contributed by atoms with Gasteiger partial charge in [-0.3, -0.25) is 4.79 Å². The lowest BCUT2D eigenvalue weighted by Crippen LogP contribution is -2.32. The van der Waals surface area contributed by atoms with E-state index in [1.165, 1.54) is 6.33 Å². The third-order valence-electron chi connectivity index (χ3n) is 3.05. The van der Waals surface area contributed by atoms with Crippen molar-refractivity contribution in [3.8, 4) is 0 Å². The summed E-state index contributed by atoms with van der Waals surface area (Å²) < 4.78 is 0. The van der Waals surface area contributed by atoms with Crippen molar-refractivity contribution in [2.45, 2.75) is 13.0 Å². The monoisotopic (exact) mass is 298 g/mol. The predicted molar refractivity (Wildman–Crippen MR) is 85.6 cm³/mol. The summed E-state index contributed by atoms with van der Waals surface area (Å²) in [5.74, 6) is 0.570. The highest BCUT2D eigenvalue weighted by Gasteiger charge is 2.15. The maximum atomic E-state index is 12.2. The Morgan fingerprint density at radius 2 is 2.00 bits per heavy atom. The zero-order valence-electron chi connectivity index (χ0n) is 11.4. The number of carbonyl (C=O) groups is 1. The molecule has 106 valence electrons. The maximum Gasteiger partial charge on any atom is 0.246 e. The average molecular weight is 298 g/mol. The van der Waals surface area contributed by atoms with Crippen LogP contribution in [-0.2, 0) is 4.79 Å². The number of para-hydroxylation sites is 1. The van der Waals surface area contributed by atoms with Gasteiger partial charge in [0.05, 0.1) is 5.39 Å². The summed E-state index contributed by atoms with van der Waals surface area (Å²) in [5.41, 5.74) is 0.777. The number of anilines is 2. The molecule has 1 amide bonds. The molecule has 3 aromatic rings. The number of nitrogens with zero attached hydrogens (tertiary/aromatic N) is 2. The molecule has 0 aliphatic carbocycles. The van der Waals surface area contributed by atoms with Gasteiger partial charge >= 0.3 is 0 Å². The highest BCUT2D eigenvalue weighted by molar-refractivity contribution is 7.16. The van der Waals surface area contributed by atoms with Crippen LogP contribution in [0.3, 0.4) is 0 Å². The summed E-state index contributed by atoms with van der Waals surface area (Å²) in [7, 11) is 0. The Morgan fingerprint density at radius 3 is 2.81 bits per heavy atom. The molecule has 0 aliphatic heterocycles. The van der Waals surface area contributed by atoms with Gasteiger partial charge in [-0.05, 0) is 30.5 Å². The number of fused-ring (bicyclic) bond motifs is 1. The number of carbonyl (C=O) groups excluding carboxylic acids is 1. The van der Waals surface area contributed by atoms with E-state index in [4.69, 9.17) is 0 Å². The van der Waals surface area contributed by atoms with Crippen LogP contribution in [0.1, 0.15) is 6.92 Å². The molecule has 21 heavy (non-hydrogen) atoms. The van der Waals surface area contributed by atoms with Crippen molar-refractivity contribution in [1.29, 1.82) is 0 Å². The first-order valence-corrected chi connectivity index (χ1v) is 7.42. The fourth-order valence-electron chi connectivity index (χ4n) is 1.95. The number of hydrogen-bond donors (Lipinski definition) is 2. The molecule has 2 heterocycles. The molecule has 5 nitrogen and oxygen atoms in total. The van der Waals surface area contributed by atoms with Crippen molar-refractivity contribution in [2.75, 3.05) is 10.6 Å². The van der Waals surface area contributed by atoms with E-state index in [1.807, 2.05) is 41.8 Å². The Balaban J connectivity index is 1.72. The quantitative estimate of drug-likeness (QED) is 0.776. The van der Waals surface area contributed by atoms with E-state index in [0.717, 1.165) is 15.9 Å². The second-order valence-corrected chi connectivity index (χ2v) is 5.48. The number of thiophene rings is 1. The SMILES string of the molecule is CC(Nc1ncnc2sccc12)C(=O)Nc1ccccc1. The number of rotatable bonds is 4. The second-order valence-electron chi connectivity index (χ2n) is 4.58. The van der Waals surface area contributed by atoms with E-state index in [2.05, 4.69) is 20.6 Å². The molecule has 1 aromatic carbocycles. The molecule has 3 rings (SSSR count). The van der Waals surface area contributed by atoms with Crippen LogP contribution in [0.5, 0.6) is 0 Å². The topological polar surface area (TPSA) is 66.9 Å². The van der Waals surface area contributed by atoms with Gasteiger partial charge in [-0.25, -0.2) is 9.97 Å². The van der Waals surface area contributed by atoms with Crippen LogP contribution in [0, 0.1) is 0 Å². The average Bonchev–Trinajstić information content (AvgIpc) is 2.98. The number of hydrogen-bond acceptors (Lipinski definition) is 5. The van der Waals surface area contributed by atoms with Gasteiger partial charge in [0.1, 0.15) is 23.0 Å². The minimum Gasteiger partial charge on any atom is -0.358 e. The minimum absolute atomic E-state index is 0.108. The van der Waals surface area contributed by atoms with Gasteiger partial charge in [0, 0.05) is 5.69 Å². The van der Waals surface area contributed by atoms with Crippen molar-refractivity contribution in [1.82, 2.24) is 9.97 Å². The van der Waals surface area contributed by atoms with Crippen molar-refractivity contribution in [3.63, 3.8) is 0 Å². The molecule has 0 spiro atoms. The molecule has 6 heteroatoms. The van der Waals surface area contributed by atoms with Gasteiger partial charge in [-0.15, -0.1) is 11.3 Å².